The second-order valence-electron chi connectivity index (χ2n) is 5.68. The highest BCUT2D eigenvalue weighted by Crippen LogP contribution is 2.31. The zero-order valence-electron chi connectivity index (χ0n) is 12.9. The summed E-state index contributed by atoms with van der Waals surface area (Å²) in [5.74, 6) is -0.975. The Bertz CT molecular complexity index is 764. The maximum absolute atomic E-state index is 12.5. The van der Waals surface area contributed by atoms with Crippen molar-refractivity contribution < 1.29 is 14.7 Å². The number of nitrogens with zero attached hydrogens (tertiary/aromatic N) is 1. The van der Waals surface area contributed by atoms with Crippen LogP contribution < -0.4 is 5.32 Å². The number of amides is 2. The molecule has 1 aliphatic rings. The van der Waals surface area contributed by atoms with Gasteiger partial charge in [-0.05, 0) is 30.5 Å². The van der Waals surface area contributed by atoms with Crippen molar-refractivity contribution in [2.75, 3.05) is 11.9 Å². The van der Waals surface area contributed by atoms with Crippen LogP contribution in [-0.4, -0.2) is 34.6 Å². The molecule has 2 aromatic rings. The summed E-state index contributed by atoms with van der Waals surface area (Å²) in [4.78, 5) is 25.2. The number of urea groups is 1. The Kier molecular flexibility index (Phi) is 4.71. The quantitative estimate of drug-likeness (QED) is 0.881. The number of anilines is 1. The minimum absolute atomic E-state index is 0.417. The normalized spacial score (nSPS) is 16.9. The van der Waals surface area contributed by atoms with Gasteiger partial charge in [0.05, 0.1) is 5.69 Å². The van der Waals surface area contributed by atoms with E-state index in [1.54, 1.807) is 12.1 Å². The molecule has 124 valence electrons. The summed E-state index contributed by atoms with van der Waals surface area (Å²) >= 11 is 6.07. The highest BCUT2D eigenvalue weighted by Gasteiger charge is 2.34. The predicted molar refractivity (Wildman–Crippen MR) is 93.3 cm³/mol. The third kappa shape index (κ3) is 3.36. The maximum Gasteiger partial charge on any atom is 0.326 e. The summed E-state index contributed by atoms with van der Waals surface area (Å²) in [5, 5.41) is 12.5. The summed E-state index contributed by atoms with van der Waals surface area (Å²) in [7, 11) is 0. The van der Waals surface area contributed by atoms with E-state index < -0.39 is 18.0 Å². The average Bonchev–Trinajstić information content (AvgIpc) is 3.06. The van der Waals surface area contributed by atoms with Gasteiger partial charge in [-0.25, -0.2) is 9.59 Å². The number of carbonyl (C=O) groups is 2. The van der Waals surface area contributed by atoms with Crippen molar-refractivity contribution in [3.8, 4) is 11.1 Å². The van der Waals surface area contributed by atoms with Crippen LogP contribution in [0.1, 0.15) is 12.8 Å². The van der Waals surface area contributed by atoms with Crippen LogP contribution in [0.25, 0.3) is 11.1 Å². The number of hydrogen-bond donors (Lipinski definition) is 2. The van der Waals surface area contributed by atoms with Gasteiger partial charge in [0.25, 0.3) is 0 Å². The summed E-state index contributed by atoms with van der Waals surface area (Å²) in [6.07, 6.45) is 1.16. The molecule has 6 heteroatoms. The van der Waals surface area contributed by atoms with E-state index in [2.05, 4.69) is 5.32 Å². The van der Waals surface area contributed by atoms with E-state index >= 15 is 0 Å². The fourth-order valence-electron chi connectivity index (χ4n) is 2.94. The van der Waals surface area contributed by atoms with E-state index in [9.17, 15) is 14.7 Å². The highest BCUT2D eigenvalue weighted by molar-refractivity contribution is 6.31. The van der Waals surface area contributed by atoms with E-state index in [0.29, 0.717) is 30.1 Å². The molecule has 0 aromatic heterocycles. The molecule has 0 saturated carbocycles. The Labute approximate surface area is 144 Å². The van der Waals surface area contributed by atoms with Crippen molar-refractivity contribution in [2.24, 2.45) is 0 Å². The Morgan fingerprint density at radius 3 is 2.62 bits per heavy atom. The standard InChI is InChI=1S/C18H17ClN2O3/c19-13-8-9-14(12-5-2-1-3-6-12)15(11-13)20-18(24)21-10-4-7-16(21)17(22)23/h1-3,5-6,8-9,11,16H,4,7,10H2,(H,20,24)(H,22,23)/t16-/m1/s1. The van der Waals surface area contributed by atoms with Gasteiger partial charge in [0.15, 0.2) is 0 Å². The second kappa shape index (κ2) is 6.93. The van der Waals surface area contributed by atoms with Crippen LogP contribution in [0.15, 0.2) is 48.5 Å². The molecule has 2 amide bonds. The second-order valence-corrected chi connectivity index (χ2v) is 6.11. The first kappa shape index (κ1) is 16.3. The third-order valence-corrected chi connectivity index (χ3v) is 4.34. The van der Waals surface area contributed by atoms with E-state index in [1.165, 1.54) is 4.90 Å². The Morgan fingerprint density at radius 2 is 1.92 bits per heavy atom. The van der Waals surface area contributed by atoms with Crippen LogP contribution in [0, 0.1) is 0 Å². The van der Waals surface area contributed by atoms with Gasteiger partial charge >= 0.3 is 12.0 Å². The van der Waals surface area contributed by atoms with Crippen LogP contribution in [0.5, 0.6) is 0 Å². The van der Waals surface area contributed by atoms with Gasteiger partial charge in [0.1, 0.15) is 6.04 Å². The number of rotatable bonds is 3. The Morgan fingerprint density at radius 1 is 1.17 bits per heavy atom. The van der Waals surface area contributed by atoms with E-state index in [4.69, 9.17) is 11.6 Å². The molecule has 1 atom stereocenters. The first-order chi connectivity index (χ1) is 11.6. The average molecular weight is 345 g/mol. The van der Waals surface area contributed by atoms with Gasteiger partial charge in [-0.3, -0.25) is 0 Å². The molecule has 24 heavy (non-hydrogen) atoms. The van der Waals surface area contributed by atoms with Crippen molar-refractivity contribution in [3.05, 3.63) is 53.6 Å². The number of carboxylic acids is 1. The molecular formula is C18H17ClN2O3. The van der Waals surface area contributed by atoms with Crippen molar-refractivity contribution in [2.45, 2.75) is 18.9 Å². The number of aliphatic carboxylic acids is 1. The molecule has 1 saturated heterocycles. The number of hydrogen-bond acceptors (Lipinski definition) is 2. The lowest BCUT2D eigenvalue weighted by atomic mass is 10.0. The summed E-state index contributed by atoms with van der Waals surface area (Å²) in [5.41, 5.74) is 2.34. The molecule has 3 rings (SSSR count). The van der Waals surface area contributed by atoms with E-state index in [1.807, 2.05) is 36.4 Å². The van der Waals surface area contributed by atoms with Gasteiger partial charge in [0.2, 0.25) is 0 Å². The van der Waals surface area contributed by atoms with Crippen LogP contribution in [0.2, 0.25) is 5.02 Å². The van der Waals surface area contributed by atoms with Gasteiger partial charge in [-0.2, -0.15) is 0 Å². The predicted octanol–water partition coefficient (Wildman–Crippen LogP) is 4.09. The topological polar surface area (TPSA) is 69.6 Å². The fourth-order valence-corrected chi connectivity index (χ4v) is 3.11. The molecule has 2 N–H and O–H groups in total. The molecule has 0 aliphatic carbocycles. The molecule has 1 fully saturated rings. The lowest BCUT2D eigenvalue weighted by Crippen LogP contribution is -2.42. The summed E-state index contributed by atoms with van der Waals surface area (Å²) in [6, 6.07) is 13.7. The van der Waals surface area contributed by atoms with E-state index in [0.717, 1.165) is 11.1 Å². The molecule has 1 heterocycles. The van der Waals surface area contributed by atoms with Crippen molar-refractivity contribution >= 4 is 29.3 Å². The zero-order chi connectivity index (χ0) is 17.1. The molecule has 0 unspecified atom stereocenters. The highest BCUT2D eigenvalue weighted by atomic mass is 35.5. The monoisotopic (exact) mass is 344 g/mol. The number of carboxylic acid groups (broad SMARTS) is 1. The molecule has 5 nitrogen and oxygen atoms in total. The van der Waals surface area contributed by atoms with E-state index in [-0.39, 0.29) is 0 Å². The first-order valence-corrected chi connectivity index (χ1v) is 8.09. The van der Waals surface area contributed by atoms with Crippen LogP contribution >= 0.6 is 11.6 Å². The SMILES string of the molecule is O=C(O)[C@H]1CCCN1C(=O)Nc1cc(Cl)ccc1-c1ccccc1. The molecule has 2 aromatic carbocycles. The lowest BCUT2D eigenvalue weighted by Gasteiger charge is -2.22. The van der Waals surface area contributed by atoms with Gasteiger partial charge < -0.3 is 15.3 Å². The smallest absolute Gasteiger partial charge is 0.326 e. The Hall–Kier alpha value is -2.53. The third-order valence-electron chi connectivity index (χ3n) is 4.11. The first-order valence-electron chi connectivity index (χ1n) is 7.71. The zero-order valence-corrected chi connectivity index (χ0v) is 13.7. The Balaban J connectivity index is 1.88. The largest absolute Gasteiger partial charge is 0.480 e. The lowest BCUT2D eigenvalue weighted by molar-refractivity contribution is -0.141. The molecule has 0 spiro atoms. The number of benzene rings is 2. The van der Waals surface area contributed by atoms with Crippen LogP contribution in [0.4, 0.5) is 10.5 Å². The fraction of sp³-hybridized carbons (Fsp3) is 0.222. The van der Waals surface area contributed by atoms with Crippen LogP contribution in [-0.2, 0) is 4.79 Å². The number of carbonyl (C=O) groups excluding carboxylic acids is 1. The molecule has 0 bridgehead atoms. The number of likely N-dealkylation sites (tertiary alicyclic amines) is 1. The van der Waals surface area contributed by atoms with Crippen molar-refractivity contribution in [1.82, 2.24) is 4.90 Å². The van der Waals surface area contributed by atoms with Gasteiger partial charge in [-0.1, -0.05) is 48.0 Å². The minimum atomic E-state index is -0.975. The summed E-state index contributed by atoms with van der Waals surface area (Å²) < 4.78 is 0. The minimum Gasteiger partial charge on any atom is -0.480 e. The van der Waals surface area contributed by atoms with Gasteiger partial charge in [0, 0.05) is 17.1 Å². The maximum atomic E-state index is 12.5. The van der Waals surface area contributed by atoms with Gasteiger partial charge in [-0.15, -0.1) is 0 Å². The molecular weight excluding hydrogens is 328 g/mol. The molecule has 1 aliphatic heterocycles. The van der Waals surface area contributed by atoms with Crippen LogP contribution in [0.3, 0.4) is 0 Å². The summed E-state index contributed by atoms with van der Waals surface area (Å²) in [6.45, 7) is 0.435. The number of halogens is 1. The van der Waals surface area contributed by atoms with Crippen molar-refractivity contribution in [3.63, 3.8) is 0 Å². The number of nitrogens with one attached hydrogen (secondary N) is 1. The molecule has 0 radical (unpaired) electrons. The van der Waals surface area contributed by atoms with Crippen molar-refractivity contribution in [1.29, 1.82) is 0 Å².